The second-order valence-corrected chi connectivity index (χ2v) is 7.87. The molecular weight excluding hydrogens is 348 g/mol. The first-order valence-electron chi connectivity index (χ1n) is 10.4. The third kappa shape index (κ3) is 3.88. The van der Waals surface area contributed by atoms with Crippen LogP contribution in [0.3, 0.4) is 0 Å². The molecule has 1 saturated heterocycles. The summed E-state index contributed by atoms with van der Waals surface area (Å²) in [4.78, 5) is 29.4. The Hall–Kier alpha value is -2.46. The topological polar surface area (TPSA) is 40.6 Å². The summed E-state index contributed by atoms with van der Waals surface area (Å²) in [5.41, 5.74) is 3.69. The van der Waals surface area contributed by atoms with Crippen molar-refractivity contribution in [2.75, 3.05) is 32.7 Å². The first-order valence-corrected chi connectivity index (χ1v) is 10.4. The summed E-state index contributed by atoms with van der Waals surface area (Å²) in [7, 11) is 0. The maximum absolute atomic E-state index is 12.7. The van der Waals surface area contributed by atoms with Gasteiger partial charge in [-0.3, -0.25) is 9.59 Å². The van der Waals surface area contributed by atoms with Gasteiger partial charge in [0.25, 0.3) is 5.91 Å². The molecule has 0 aromatic heterocycles. The lowest BCUT2D eigenvalue weighted by Gasteiger charge is -2.34. The van der Waals surface area contributed by atoms with Gasteiger partial charge in [-0.05, 0) is 42.6 Å². The molecule has 2 aromatic carbocycles. The zero-order valence-corrected chi connectivity index (χ0v) is 16.6. The minimum Gasteiger partial charge on any atom is -0.336 e. The molecule has 28 heavy (non-hydrogen) atoms. The lowest BCUT2D eigenvalue weighted by atomic mass is 9.80. The van der Waals surface area contributed by atoms with Gasteiger partial charge in [-0.15, -0.1) is 0 Å². The molecule has 1 aliphatic carbocycles. The molecule has 0 radical (unpaired) electrons. The monoisotopic (exact) mass is 376 g/mol. The molecule has 0 N–H and O–H groups in total. The van der Waals surface area contributed by atoms with E-state index in [4.69, 9.17) is 0 Å². The first kappa shape index (κ1) is 18.9. The van der Waals surface area contributed by atoms with Crippen molar-refractivity contribution < 1.29 is 9.59 Å². The minimum absolute atomic E-state index is 0.115. The number of ketones is 1. The summed E-state index contributed by atoms with van der Waals surface area (Å²) < 4.78 is 0. The van der Waals surface area contributed by atoms with Gasteiger partial charge in [0.2, 0.25) is 0 Å². The van der Waals surface area contributed by atoms with Crippen LogP contribution in [0.2, 0.25) is 0 Å². The van der Waals surface area contributed by atoms with Crippen LogP contribution < -0.4 is 0 Å². The normalized spacial score (nSPS) is 18.0. The molecule has 2 aliphatic rings. The zero-order chi connectivity index (χ0) is 19.5. The molecule has 1 saturated carbocycles. The highest BCUT2D eigenvalue weighted by Crippen LogP contribution is 2.30. The highest BCUT2D eigenvalue weighted by molar-refractivity contribution is 5.98. The van der Waals surface area contributed by atoms with Crippen molar-refractivity contribution in [3.8, 4) is 11.1 Å². The van der Waals surface area contributed by atoms with Gasteiger partial charge < -0.3 is 9.80 Å². The number of hydrogen-bond acceptors (Lipinski definition) is 3. The number of rotatable bonds is 5. The maximum atomic E-state index is 12.7. The Morgan fingerprint density at radius 3 is 1.82 bits per heavy atom. The lowest BCUT2D eigenvalue weighted by Crippen LogP contribution is -2.48. The molecular formula is C24H28N2O2. The van der Waals surface area contributed by atoms with Crippen LogP contribution in [0.5, 0.6) is 0 Å². The number of nitrogens with zero attached hydrogens (tertiary/aromatic N) is 2. The van der Waals surface area contributed by atoms with E-state index in [-0.39, 0.29) is 17.6 Å². The van der Waals surface area contributed by atoms with E-state index in [9.17, 15) is 9.59 Å². The van der Waals surface area contributed by atoms with Gasteiger partial charge in [0.1, 0.15) is 0 Å². The molecule has 4 rings (SSSR count). The van der Waals surface area contributed by atoms with Crippen molar-refractivity contribution in [2.45, 2.75) is 26.2 Å². The largest absolute Gasteiger partial charge is 0.336 e. The van der Waals surface area contributed by atoms with E-state index in [0.717, 1.165) is 67.8 Å². The fourth-order valence-corrected chi connectivity index (χ4v) is 3.99. The average Bonchev–Trinajstić information content (AvgIpc) is 2.72. The third-order valence-electron chi connectivity index (χ3n) is 6.22. The molecule has 146 valence electrons. The van der Waals surface area contributed by atoms with Gasteiger partial charge in [0.15, 0.2) is 5.78 Å². The van der Waals surface area contributed by atoms with E-state index < -0.39 is 0 Å². The van der Waals surface area contributed by atoms with Crippen molar-refractivity contribution in [2.24, 2.45) is 5.92 Å². The molecule has 4 nitrogen and oxygen atoms in total. The summed E-state index contributed by atoms with van der Waals surface area (Å²) in [6, 6.07) is 15.7. The summed E-state index contributed by atoms with van der Waals surface area (Å²) in [6.07, 6.45) is 3.24. The number of benzene rings is 2. The van der Waals surface area contributed by atoms with Crippen molar-refractivity contribution in [1.82, 2.24) is 9.80 Å². The number of carbonyl (C=O) groups is 2. The molecule has 2 fully saturated rings. The smallest absolute Gasteiger partial charge is 0.253 e. The number of amides is 1. The zero-order valence-electron chi connectivity index (χ0n) is 16.6. The van der Waals surface area contributed by atoms with Gasteiger partial charge in [-0.1, -0.05) is 49.7 Å². The maximum Gasteiger partial charge on any atom is 0.253 e. The van der Waals surface area contributed by atoms with E-state index in [2.05, 4.69) is 11.8 Å². The Kier molecular flexibility index (Phi) is 5.58. The van der Waals surface area contributed by atoms with Crippen LogP contribution in [0.15, 0.2) is 48.5 Å². The molecule has 0 bridgehead atoms. The van der Waals surface area contributed by atoms with E-state index >= 15 is 0 Å². The average molecular weight is 377 g/mol. The minimum atomic E-state index is 0.115. The van der Waals surface area contributed by atoms with Gasteiger partial charge in [0.05, 0.1) is 0 Å². The number of likely N-dealkylation sites (N-methyl/N-ethyl adjacent to an activating group) is 1. The Labute approximate surface area is 167 Å². The van der Waals surface area contributed by atoms with Gasteiger partial charge >= 0.3 is 0 Å². The number of hydrogen-bond donors (Lipinski definition) is 0. The SMILES string of the molecule is CCN1CCN(C(=O)c2ccc(-c3ccc(C(=O)C4CCC4)cc3)cc2)CC1. The van der Waals surface area contributed by atoms with Crippen molar-refractivity contribution in [3.05, 3.63) is 59.7 Å². The highest BCUT2D eigenvalue weighted by atomic mass is 16.2. The highest BCUT2D eigenvalue weighted by Gasteiger charge is 2.26. The molecule has 1 amide bonds. The summed E-state index contributed by atoms with van der Waals surface area (Å²) in [5.74, 6) is 0.626. The Morgan fingerprint density at radius 1 is 0.821 bits per heavy atom. The van der Waals surface area contributed by atoms with E-state index in [1.54, 1.807) is 0 Å². The van der Waals surface area contributed by atoms with Crippen LogP contribution >= 0.6 is 0 Å². The summed E-state index contributed by atoms with van der Waals surface area (Å²) in [5, 5.41) is 0. The van der Waals surface area contributed by atoms with Crippen LogP contribution in [-0.2, 0) is 0 Å². The van der Waals surface area contributed by atoms with Crippen LogP contribution in [0.25, 0.3) is 11.1 Å². The number of carbonyl (C=O) groups excluding carboxylic acids is 2. The number of piperazine rings is 1. The first-order chi connectivity index (χ1) is 13.7. The van der Waals surface area contributed by atoms with Crippen LogP contribution in [0.1, 0.15) is 46.9 Å². The van der Waals surface area contributed by atoms with Crippen molar-refractivity contribution >= 4 is 11.7 Å². The molecule has 2 aromatic rings. The molecule has 0 atom stereocenters. The summed E-state index contributed by atoms with van der Waals surface area (Å²) >= 11 is 0. The standard InChI is InChI=1S/C24H28N2O2/c1-2-25-14-16-26(17-15-25)24(28)22-12-8-19(9-13-22)18-6-10-21(11-7-18)23(27)20-4-3-5-20/h6-13,20H,2-5,14-17H2,1H3. The molecule has 1 heterocycles. The molecule has 0 unspecified atom stereocenters. The van der Waals surface area contributed by atoms with Gasteiger partial charge in [-0.25, -0.2) is 0 Å². The van der Waals surface area contributed by atoms with Gasteiger partial charge in [0, 0.05) is 43.2 Å². The van der Waals surface area contributed by atoms with Gasteiger partial charge in [-0.2, -0.15) is 0 Å². The number of Topliss-reactive ketones (excluding diaryl/α,β-unsaturated/α-hetero) is 1. The summed E-state index contributed by atoms with van der Waals surface area (Å²) in [6.45, 7) is 6.70. The van der Waals surface area contributed by atoms with E-state index in [1.165, 1.54) is 6.42 Å². The Morgan fingerprint density at radius 2 is 1.36 bits per heavy atom. The molecule has 4 heteroatoms. The fourth-order valence-electron chi connectivity index (χ4n) is 3.99. The predicted octanol–water partition coefficient (Wildman–Crippen LogP) is 4.11. The second kappa shape index (κ2) is 8.27. The predicted molar refractivity (Wildman–Crippen MR) is 112 cm³/mol. The second-order valence-electron chi connectivity index (χ2n) is 7.87. The van der Waals surface area contributed by atoms with E-state index in [0.29, 0.717) is 0 Å². The van der Waals surface area contributed by atoms with Crippen molar-refractivity contribution in [1.29, 1.82) is 0 Å². The van der Waals surface area contributed by atoms with Crippen molar-refractivity contribution in [3.63, 3.8) is 0 Å². The van der Waals surface area contributed by atoms with Crippen LogP contribution in [0, 0.1) is 5.92 Å². The molecule has 0 spiro atoms. The van der Waals surface area contributed by atoms with Crippen LogP contribution in [0.4, 0.5) is 0 Å². The Bertz CT molecular complexity index is 830. The quantitative estimate of drug-likeness (QED) is 0.737. The van der Waals surface area contributed by atoms with Crippen LogP contribution in [-0.4, -0.2) is 54.2 Å². The Balaban J connectivity index is 1.41. The molecule has 1 aliphatic heterocycles. The lowest BCUT2D eigenvalue weighted by molar-refractivity contribution is 0.0643. The fraction of sp³-hybridized carbons (Fsp3) is 0.417. The van der Waals surface area contributed by atoms with E-state index in [1.807, 2.05) is 53.4 Å². The third-order valence-corrected chi connectivity index (χ3v) is 6.22.